The average Bonchev–Trinajstić information content (AvgIpc) is 2.70. The van der Waals surface area contributed by atoms with Crippen LogP contribution in [-0.2, 0) is 4.52 Å². The Labute approximate surface area is 144 Å². The molecule has 2 aromatic carbocycles. The first-order valence-electron chi connectivity index (χ1n) is 7.07. The summed E-state index contributed by atoms with van der Waals surface area (Å²) in [6.07, 6.45) is -12.1. The molecule has 0 aromatic heterocycles. The fourth-order valence-corrected chi connectivity index (χ4v) is 3.91. The van der Waals surface area contributed by atoms with Crippen molar-refractivity contribution < 1.29 is 40.2 Å². The van der Waals surface area contributed by atoms with Gasteiger partial charge in [-0.15, -0.1) is 0 Å². The van der Waals surface area contributed by atoms with Gasteiger partial charge in [0.25, 0.3) is 8.38 Å². The highest BCUT2D eigenvalue weighted by Gasteiger charge is 2.79. The molecule has 138 valence electrons. The van der Waals surface area contributed by atoms with Crippen LogP contribution in [0.3, 0.4) is 0 Å². The van der Waals surface area contributed by atoms with E-state index in [1.54, 1.807) is 0 Å². The molecule has 1 atom stereocenters. The molecule has 0 fully saturated rings. The Morgan fingerprint density at radius 3 is 1.92 bits per heavy atom. The molecule has 0 saturated heterocycles. The van der Waals surface area contributed by atoms with E-state index in [4.69, 9.17) is 4.52 Å². The molecule has 1 aliphatic rings. The van der Waals surface area contributed by atoms with E-state index in [0.717, 1.165) is 18.2 Å². The van der Waals surface area contributed by atoms with Crippen molar-refractivity contribution in [2.45, 2.75) is 18.0 Å². The van der Waals surface area contributed by atoms with Gasteiger partial charge >= 0.3 is 18.0 Å². The molecule has 1 unspecified atom stereocenters. The van der Waals surface area contributed by atoms with Crippen molar-refractivity contribution in [2.75, 3.05) is 0 Å². The lowest BCUT2D eigenvalue weighted by Crippen LogP contribution is -2.63. The summed E-state index contributed by atoms with van der Waals surface area (Å²) < 4.78 is 91.3. The highest BCUT2D eigenvalue weighted by atomic mass is 31.2. The predicted molar refractivity (Wildman–Crippen MR) is 80.3 cm³/mol. The summed E-state index contributed by atoms with van der Waals surface area (Å²) in [6.45, 7) is 0. The first-order valence-corrected chi connectivity index (χ1v) is 8.25. The van der Waals surface area contributed by atoms with Gasteiger partial charge in [-0.25, -0.2) is 0 Å². The molecule has 0 amide bonds. The van der Waals surface area contributed by atoms with Crippen LogP contribution in [0.15, 0.2) is 54.6 Å². The number of rotatable bonds is 1. The summed E-state index contributed by atoms with van der Waals surface area (Å²) in [5.74, 6) is -2.66. The first-order chi connectivity index (χ1) is 12.1. The van der Waals surface area contributed by atoms with E-state index in [1.165, 1.54) is 36.4 Å². The molecule has 0 spiro atoms. The number of carbonyl (C=O) groups is 1. The molecule has 2 aromatic rings. The summed E-state index contributed by atoms with van der Waals surface area (Å²) in [7, 11) is -2.88. The molecule has 26 heavy (non-hydrogen) atoms. The van der Waals surface area contributed by atoms with Gasteiger partial charge in [-0.05, 0) is 24.3 Å². The van der Waals surface area contributed by atoms with Crippen molar-refractivity contribution >= 4 is 19.5 Å². The van der Waals surface area contributed by atoms with Crippen LogP contribution >= 0.6 is 8.38 Å². The molecule has 3 nitrogen and oxygen atoms in total. The topological polar surface area (TPSA) is 35.5 Å². The van der Waals surface area contributed by atoms with Crippen LogP contribution in [0, 0.1) is 0 Å². The number of para-hydroxylation sites is 1. The third kappa shape index (κ3) is 2.85. The second-order valence-electron chi connectivity index (χ2n) is 5.28. The molecule has 1 aliphatic heterocycles. The Morgan fingerprint density at radius 2 is 1.35 bits per heavy atom. The normalized spacial score (nSPS) is 20.1. The number of benzene rings is 2. The average molecular weight is 394 g/mol. The van der Waals surface area contributed by atoms with Crippen LogP contribution in [-0.4, -0.2) is 23.7 Å². The molecule has 0 N–H and O–H groups in total. The zero-order valence-electron chi connectivity index (χ0n) is 12.6. The van der Waals surface area contributed by atoms with E-state index in [1.807, 2.05) is 0 Å². The molecular formula is C16H9F6O3P. The summed E-state index contributed by atoms with van der Waals surface area (Å²) in [4.78, 5) is 12.4. The first kappa shape index (κ1) is 18.7. The lowest BCUT2D eigenvalue weighted by atomic mass is 9.91. The van der Waals surface area contributed by atoms with E-state index >= 15 is 0 Å². The zero-order chi connectivity index (χ0) is 19.2. The number of carbonyl (C=O) groups excluding carboxylic acids is 1. The van der Waals surface area contributed by atoms with Crippen LogP contribution in [0.25, 0.3) is 0 Å². The fraction of sp³-hybridized carbons (Fsp3) is 0.188. The van der Waals surface area contributed by atoms with Crippen LogP contribution in [0.2, 0.25) is 0 Å². The van der Waals surface area contributed by atoms with E-state index < -0.39 is 43.4 Å². The van der Waals surface area contributed by atoms with E-state index in [0.29, 0.717) is 0 Å². The minimum atomic E-state index is -6.04. The smallest absolute Gasteiger partial charge is 0.434 e. The molecular weight excluding hydrogens is 385 g/mol. The maximum absolute atomic E-state index is 13.6. The van der Waals surface area contributed by atoms with Crippen molar-refractivity contribution in [3.05, 3.63) is 60.2 Å². The highest BCUT2D eigenvalue weighted by molar-refractivity contribution is 7.56. The third-order valence-electron chi connectivity index (χ3n) is 3.62. The monoisotopic (exact) mass is 394 g/mol. The Morgan fingerprint density at radius 1 is 0.808 bits per heavy atom. The summed E-state index contributed by atoms with van der Waals surface area (Å²) in [5.41, 5.74) is -5.86. The number of Topliss-reactive ketones (excluding diaryl/α,β-unsaturated/α-hetero) is 1. The summed E-state index contributed by atoms with van der Waals surface area (Å²) >= 11 is 0. The third-order valence-corrected chi connectivity index (χ3v) is 5.14. The highest BCUT2D eigenvalue weighted by Crippen LogP contribution is 2.58. The maximum atomic E-state index is 13.6. The van der Waals surface area contributed by atoms with Crippen LogP contribution in [0.4, 0.5) is 26.3 Å². The van der Waals surface area contributed by atoms with Crippen molar-refractivity contribution in [2.24, 2.45) is 0 Å². The molecule has 0 radical (unpaired) electrons. The molecule has 10 heteroatoms. The Balaban J connectivity index is 2.28. The standard InChI is InChI=1S/C16H9F6O3P/c17-15(18,19)14(16(20,21)22)13(23)11-8-4-5-9-12(11)24-26(25-14)10-6-2-1-3-7-10/h1-9H. The SMILES string of the molecule is O=C1c2ccccc2OP(c2ccccc2)OC1(C(F)(F)F)C(F)(F)F. The van der Waals surface area contributed by atoms with Crippen LogP contribution < -0.4 is 9.83 Å². The Kier molecular flexibility index (Phi) is 4.48. The lowest BCUT2D eigenvalue weighted by molar-refractivity contribution is -0.332. The van der Waals surface area contributed by atoms with E-state index in [-0.39, 0.29) is 5.30 Å². The number of hydrogen-bond acceptors (Lipinski definition) is 3. The maximum Gasteiger partial charge on any atom is 0.434 e. The van der Waals surface area contributed by atoms with Crippen LogP contribution in [0.1, 0.15) is 10.4 Å². The second kappa shape index (κ2) is 6.25. The number of hydrogen-bond donors (Lipinski definition) is 0. The summed E-state index contributed by atoms with van der Waals surface area (Å²) in [5, 5.41) is -0.0371. The lowest BCUT2D eigenvalue weighted by Gasteiger charge is -2.35. The quantitative estimate of drug-likeness (QED) is 0.516. The minimum Gasteiger partial charge on any atom is -0.443 e. The molecule has 1 heterocycles. The van der Waals surface area contributed by atoms with Gasteiger partial charge in [0.05, 0.1) is 5.56 Å². The van der Waals surface area contributed by atoms with Crippen LogP contribution in [0.5, 0.6) is 5.75 Å². The van der Waals surface area contributed by atoms with Gasteiger partial charge in [-0.3, -0.25) is 9.32 Å². The van der Waals surface area contributed by atoms with E-state index in [9.17, 15) is 31.1 Å². The molecule has 0 aliphatic carbocycles. The van der Waals surface area contributed by atoms with Gasteiger partial charge in [-0.1, -0.05) is 30.3 Å². The predicted octanol–water partition coefficient (Wildman–Crippen LogP) is 4.78. The van der Waals surface area contributed by atoms with Gasteiger partial charge in [0, 0.05) is 5.30 Å². The minimum absolute atomic E-state index is 0.0371. The molecule has 3 rings (SSSR count). The van der Waals surface area contributed by atoms with Crippen molar-refractivity contribution in [3.63, 3.8) is 0 Å². The number of alkyl halides is 6. The van der Waals surface area contributed by atoms with Gasteiger partial charge in [0.2, 0.25) is 5.78 Å². The second-order valence-corrected chi connectivity index (χ2v) is 6.67. The molecule has 0 saturated carbocycles. The van der Waals surface area contributed by atoms with E-state index in [2.05, 4.69) is 4.52 Å². The largest absolute Gasteiger partial charge is 0.443 e. The molecule has 0 bridgehead atoms. The van der Waals surface area contributed by atoms with Gasteiger partial charge in [0.1, 0.15) is 5.75 Å². The number of halogens is 6. The Hall–Kier alpha value is -2.12. The number of fused-ring (bicyclic) bond motifs is 1. The summed E-state index contributed by atoms with van der Waals surface area (Å²) in [6, 6.07) is 11.3. The zero-order valence-corrected chi connectivity index (χ0v) is 13.5. The van der Waals surface area contributed by atoms with Crippen molar-refractivity contribution in [1.29, 1.82) is 0 Å². The van der Waals surface area contributed by atoms with Crippen molar-refractivity contribution in [3.8, 4) is 5.75 Å². The van der Waals surface area contributed by atoms with Gasteiger partial charge in [-0.2, -0.15) is 26.3 Å². The van der Waals surface area contributed by atoms with Gasteiger partial charge < -0.3 is 4.52 Å². The number of ketones is 1. The van der Waals surface area contributed by atoms with Gasteiger partial charge in [0.15, 0.2) is 0 Å². The van der Waals surface area contributed by atoms with Crippen molar-refractivity contribution in [1.82, 2.24) is 0 Å². The Bertz CT molecular complexity index is 805. The fourth-order valence-electron chi connectivity index (χ4n) is 2.37.